The number of anilines is 1. The lowest BCUT2D eigenvalue weighted by Gasteiger charge is -2.41. The minimum absolute atomic E-state index is 0.0835. The van der Waals surface area contributed by atoms with Crippen LogP contribution < -0.4 is 4.90 Å². The molecule has 208 valence electrons. The van der Waals surface area contributed by atoms with Crippen LogP contribution in [0.5, 0.6) is 0 Å². The minimum Gasteiger partial charge on any atom is -0.368 e. The van der Waals surface area contributed by atoms with Crippen LogP contribution in [0.25, 0.3) is 10.9 Å². The number of nitrogens with zero attached hydrogens (tertiary/aromatic N) is 6. The van der Waals surface area contributed by atoms with Crippen molar-refractivity contribution < 1.29 is 4.79 Å². The number of aromatic amines is 1. The summed E-state index contributed by atoms with van der Waals surface area (Å²) in [5, 5.41) is 17.8. The number of piperazine rings is 2. The fourth-order valence-electron chi connectivity index (χ4n) is 6.03. The van der Waals surface area contributed by atoms with Crippen molar-refractivity contribution >= 4 is 22.5 Å². The van der Waals surface area contributed by atoms with Crippen LogP contribution in [0.4, 0.5) is 5.69 Å². The van der Waals surface area contributed by atoms with E-state index in [0.29, 0.717) is 12.1 Å². The molecule has 2 fully saturated rings. The van der Waals surface area contributed by atoms with E-state index in [9.17, 15) is 10.1 Å². The number of para-hydroxylation sites is 1. The van der Waals surface area contributed by atoms with E-state index in [-0.39, 0.29) is 11.9 Å². The second-order valence-corrected chi connectivity index (χ2v) is 11.0. The van der Waals surface area contributed by atoms with Crippen LogP contribution in [0.1, 0.15) is 40.9 Å². The highest BCUT2D eigenvalue weighted by atomic mass is 16.2. The number of aryl methyl sites for hydroxylation is 2. The molecule has 2 aromatic carbocycles. The predicted octanol–water partition coefficient (Wildman–Crippen LogP) is 4.63. The van der Waals surface area contributed by atoms with Crippen LogP contribution in [0, 0.1) is 25.2 Å². The number of hydrogen-bond acceptors (Lipinski definition) is 6. The van der Waals surface area contributed by atoms with Crippen LogP contribution in [0.2, 0.25) is 0 Å². The highest BCUT2D eigenvalue weighted by Crippen LogP contribution is 2.28. The predicted molar refractivity (Wildman–Crippen MR) is 160 cm³/mol. The van der Waals surface area contributed by atoms with Crippen molar-refractivity contribution in [2.24, 2.45) is 0 Å². The Bertz CT molecular complexity index is 1490. The van der Waals surface area contributed by atoms with E-state index in [1.54, 1.807) is 0 Å². The average molecular weight is 538 g/mol. The Hall–Kier alpha value is -4.09. The average Bonchev–Trinajstić information content (AvgIpc) is 3.44. The van der Waals surface area contributed by atoms with Crippen LogP contribution in [-0.4, -0.2) is 82.7 Å². The monoisotopic (exact) mass is 537 g/mol. The topological polar surface area (TPSA) is 82.5 Å². The normalized spacial score (nSPS) is 18.7. The van der Waals surface area contributed by atoms with E-state index < -0.39 is 0 Å². The first-order chi connectivity index (χ1) is 19.3. The van der Waals surface area contributed by atoms with Gasteiger partial charge in [0.2, 0.25) is 0 Å². The third-order valence-corrected chi connectivity index (χ3v) is 8.47. The van der Waals surface area contributed by atoms with Gasteiger partial charge in [0.1, 0.15) is 6.07 Å². The number of carbonyl (C=O) groups excluding carboxylic acids is 1. The van der Waals surface area contributed by atoms with Crippen molar-refractivity contribution in [2.75, 3.05) is 50.7 Å². The lowest BCUT2D eigenvalue weighted by atomic mass is 9.97. The van der Waals surface area contributed by atoms with Gasteiger partial charge in [-0.2, -0.15) is 10.4 Å². The van der Waals surface area contributed by atoms with Gasteiger partial charge in [-0.05, 0) is 56.5 Å². The zero-order valence-electron chi connectivity index (χ0n) is 24.1. The van der Waals surface area contributed by atoms with Crippen molar-refractivity contribution in [3.05, 3.63) is 82.7 Å². The van der Waals surface area contributed by atoms with Gasteiger partial charge >= 0.3 is 0 Å². The molecule has 0 bridgehead atoms. The zero-order chi connectivity index (χ0) is 28.4. The number of fused-ring (bicyclic) bond motifs is 1. The number of H-pyrrole nitrogens is 1. The lowest BCUT2D eigenvalue weighted by molar-refractivity contribution is 0.0673. The van der Waals surface area contributed by atoms with E-state index in [0.717, 1.165) is 79.2 Å². The Balaban J connectivity index is 1.25. The summed E-state index contributed by atoms with van der Waals surface area (Å²) in [6.45, 7) is 18.8. The maximum Gasteiger partial charge on any atom is 0.254 e. The molecule has 5 rings (SSSR count). The maximum atomic E-state index is 13.9. The van der Waals surface area contributed by atoms with E-state index >= 15 is 0 Å². The Morgan fingerprint density at radius 2 is 1.93 bits per heavy atom. The van der Waals surface area contributed by atoms with Crippen molar-refractivity contribution in [1.29, 1.82) is 5.26 Å². The van der Waals surface area contributed by atoms with Gasteiger partial charge in [-0.25, -0.2) is 0 Å². The highest BCUT2D eigenvalue weighted by molar-refractivity contribution is 5.96. The lowest BCUT2D eigenvalue weighted by Crippen LogP contribution is -2.54. The van der Waals surface area contributed by atoms with Crippen molar-refractivity contribution in [1.82, 2.24) is 24.9 Å². The van der Waals surface area contributed by atoms with Crippen LogP contribution in [0.3, 0.4) is 0 Å². The standard InChI is InChI=1S/C32H39N7O/c1-6-26(18-33)25(5)37-12-10-36(11-13-37)21-28-17-29(23(3)16-22(28)2)32(40)39-15-14-38(20-24(39)4)30-9-7-8-27-19-34-35-31(27)30/h6-9,16-17,19,24H,5,10-15,20-21H2,1-4H3,(H,34,35)/b26-6-/t24-/m0/s1. The first-order valence-electron chi connectivity index (χ1n) is 14.1. The first kappa shape index (κ1) is 27.5. The number of hydrogen-bond donors (Lipinski definition) is 1. The zero-order valence-corrected chi connectivity index (χ0v) is 24.1. The smallest absolute Gasteiger partial charge is 0.254 e. The third kappa shape index (κ3) is 5.34. The minimum atomic E-state index is 0.0835. The van der Waals surface area contributed by atoms with Gasteiger partial charge in [-0.3, -0.25) is 14.8 Å². The van der Waals surface area contributed by atoms with Crippen molar-refractivity contribution in [3.8, 4) is 6.07 Å². The fourth-order valence-corrected chi connectivity index (χ4v) is 6.03. The molecule has 3 heterocycles. The molecule has 0 spiro atoms. The molecular formula is C32H39N7O. The van der Waals surface area contributed by atoms with Gasteiger partial charge in [-0.15, -0.1) is 0 Å². The molecule has 1 amide bonds. The van der Waals surface area contributed by atoms with Gasteiger partial charge in [0, 0.05) is 75.0 Å². The summed E-state index contributed by atoms with van der Waals surface area (Å²) in [6, 6.07) is 12.9. The number of nitrogens with one attached hydrogen (secondary N) is 1. The molecule has 1 N–H and O–H groups in total. The molecule has 2 saturated heterocycles. The number of benzene rings is 2. The summed E-state index contributed by atoms with van der Waals surface area (Å²) in [6.07, 6.45) is 3.67. The number of aromatic nitrogens is 2. The quantitative estimate of drug-likeness (QED) is 0.365. The second kappa shape index (κ2) is 11.6. The van der Waals surface area contributed by atoms with Gasteiger partial charge in [0.05, 0.1) is 23.0 Å². The molecule has 1 atom stereocenters. The number of carbonyl (C=O) groups is 1. The molecular weight excluding hydrogens is 498 g/mol. The molecule has 0 saturated carbocycles. The number of allylic oxidation sites excluding steroid dienone is 2. The van der Waals surface area contributed by atoms with E-state index in [1.807, 2.05) is 31.0 Å². The van der Waals surface area contributed by atoms with Crippen LogP contribution in [-0.2, 0) is 6.54 Å². The highest BCUT2D eigenvalue weighted by Gasteiger charge is 2.30. The fraction of sp³-hybridized carbons (Fsp3) is 0.406. The summed E-state index contributed by atoms with van der Waals surface area (Å²) in [7, 11) is 0. The number of amides is 1. The summed E-state index contributed by atoms with van der Waals surface area (Å²) in [4.78, 5) is 22.9. The second-order valence-electron chi connectivity index (χ2n) is 11.0. The molecule has 2 aliphatic heterocycles. The Morgan fingerprint density at radius 3 is 2.62 bits per heavy atom. The number of rotatable bonds is 6. The molecule has 3 aromatic rings. The van der Waals surface area contributed by atoms with Crippen LogP contribution in [0.15, 0.2) is 60.5 Å². The van der Waals surface area contributed by atoms with Gasteiger partial charge in [-0.1, -0.05) is 30.9 Å². The SMILES string of the molecule is C=C(/C(C#N)=C\C)N1CCN(Cc2cc(C(=O)N3CCN(c4cccc5cn[nH]c45)C[C@@H]3C)c(C)cc2C)CC1. The number of nitriles is 1. The van der Waals surface area contributed by atoms with Crippen LogP contribution >= 0.6 is 0 Å². The van der Waals surface area contributed by atoms with Gasteiger partial charge < -0.3 is 14.7 Å². The Labute approximate surface area is 237 Å². The molecule has 2 aliphatic rings. The molecule has 8 heteroatoms. The largest absolute Gasteiger partial charge is 0.368 e. The van der Waals surface area contributed by atoms with E-state index in [4.69, 9.17) is 0 Å². The third-order valence-electron chi connectivity index (χ3n) is 8.47. The molecule has 40 heavy (non-hydrogen) atoms. The Morgan fingerprint density at radius 1 is 1.15 bits per heavy atom. The summed E-state index contributed by atoms with van der Waals surface area (Å²) in [5.41, 5.74) is 7.87. The van der Waals surface area contributed by atoms with Crippen molar-refractivity contribution in [2.45, 2.75) is 40.3 Å². The summed E-state index contributed by atoms with van der Waals surface area (Å²) < 4.78 is 0. The van der Waals surface area contributed by atoms with Gasteiger partial charge in [0.15, 0.2) is 0 Å². The maximum absolute atomic E-state index is 13.9. The first-order valence-corrected chi connectivity index (χ1v) is 14.1. The van der Waals surface area contributed by atoms with Gasteiger partial charge in [0.25, 0.3) is 5.91 Å². The molecule has 0 unspecified atom stereocenters. The van der Waals surface area contributed by atoms with Crippen molar-refractivity contribution in [3.63, 3.8) is 0 Å². The molecule has 8 nitrogen and oxygen atoms in total. The Kier molecular flexibility index (Phi) is 7.95. The van der Waals surface area contributed by atoms with E-state index in [2.05, 4.69) is 81.7 Å². The molecule has 0 aliphatic carbocycles. The molecule has 0 radical (unpaired) electrons. The van der Waals surface area contributed by atoms with E-state index in [1.165, 1.54) is 11.1 Å². The summed E-state index contributed by atoms with van der Waals surface area (Å²) >= 11 is 0. The molecule has 1 aromatic heterocycles. The summed E-state index contributed by atoms with van der Waals surface area (Å²) in [5.74, 6) is 0.113.